The van der Waals surface area contributed by atoms with E-state index < -0.39 is 0 Å². The first kappa shape index (κ1) is 9.71. The molecule has 1 saturated carbocycles. The lowest BCUT2D eigenvalue weighted by Crippen LogP contribution is -2.22. The predicted octanol–water partition coefficient (Wildman–Crippen LogP) is 1.63. The predicted molar refractivity (Wildman–Crippen MR) is 57.4 cm³/mol. The molecule has 14 heavy (non-hydrogen) atoms. The van der Waals surface area contributed by atoms with Gasteiger partial charge in [0.15, 0.2) is 0 Å². The Kier molecular flexibility index (Phi) is 3.19. The minimum Gasteiger partial charge on any atom is -0.404 e. The van der Waals surface area contributed by atoms with Crippen molar-refractivity contribution in [1.29, 1.82) is 0 Å². The van der Waals surface area contributed by atoms with Gasteiger partial charge in [-0.15, -0.1) is 0 Å². The molecule has 1 saturated heterocycles. The first-order valence-electron chi connectivity index (χ1n) is 5.46. The highest BCUT2D eigenvalue weighted by atomic mass is 16.5. The fourth-order valence-corrected chi connectivity index (χ4v) is 1.65. The van der Waals surface area contributed by atoms with Gasteiger partial charge < -0.3 is 10.5 Å². The first-order valence-corrected chi connectivity index (χ1v) is 5.46. The Bertz CT molecular complexity index is 238. The zero-order valence-electron chi connectivity index (χ0n) is 8.48. The molecule has 1 atom stereocenters. The Morgan fingerprint density at radius 2 is 2.14 bits per heavy atom. The van der Waals surface area contributed by atoms with E-state index in [1.807, 2.05) is 6.21 Å². The maximum Gasteiger partial charge on any atom is 0.0853 e. The molecule has 0 bridgehead atoms. The van der Waals surface area contributed by atoms with Crippen LogP contribution >= 0.6 is 0 Å². The molecule has 1 heterocycles. The Hall–Kier alpha value is -0.830. The average Bonchev–Trinajstić information content (AvgIpc) is 3.04. The van der Waals surface area contributed by atoms with Crippen molar-refractivity contribution in [2.75, 3.05) is 6.61 Å². The lowest BCUT2D eigenvalue weighted by atomic mass is 10.0. The summed E-state index contributed by atoms with van der Waals surface area (Å²) >= 11 is 0. The van der Waals surface area contributed by atoms with Crippen LogP contribution in [0.2, 0.25) is 0 Å². The van der Waals surface area contributed by atoms with E-state index in [1.54, 1.807) is 6.20 Å². The molecule has 3 heteroatoms. The molecule has 0 aromatic heterocycles. The molecular weight excluding hydrogens is 176 g/mol. The monoisotopic (exact) mass is 194 g/mol. The van der Waals surface area contributed by atoms with Crippen molar-refractivity contribution < 1.29 is 4.74 Å². The molecule has 2 fully saturated rings. The Morgan fingerprint density at radius 3 is 2.71 bits per heavy atom. The third kappa shape index (κ3) is 2.58. The highest BCUT2D eigenvalue weighted by molar-refractivity contribution is 5.80. The summed E-state index contributed by atoms with van der Waals surface area (Å²) in [4.78, 5) is 4.43. The summed E-state index contributed by atoms with van der Waals surface area (Å²) in [5.74, 6) is 0. The number of hydrogen-bond acceptors (Lipinski definition) is 3. The topological polar surface area (TPSA) is 47.6 Å². The number of nitrogens with two attached hydrogens (primary N) is 1. The van der Waals surface area contributed by atoms with Crippen LogP contribution in [0.5, 0.6) is 0 Å². The number of hydrogen-bond donors (Lipinski definition) is 1. The summed E-state index contributed by atoms with van der Waals surface area (Å²) in [7, 11) is 0. The van der Waals surface area contributed by atoms with E-state index in [-0.39, 0.29) is 6.10 Å². The van der Waals surface area contributed by atoms with Gasteiger partial charge in [-0.3, -0.25) is 4.99 Å². The van der Waals surface area contributed by atoms with Gasteiger partial charge in [0.05, 0.1) is 12.1 Å². The van der Waals surface area contributed by atoms with Crippen LogP contribution in [-0.4, -0.2) is 25.0 Å². The van der Waals surface area contributed by atoms with Gasteiger partial charge in [-0.25, -0.2) is 0 Å². The van der Waals surface area contributed by atoms with Crippen molar-refractivity contribution in [3.8, 4) is 0 Å². The SMILES string of the molecule is N/C=C(\C=NC1CC1)C1CCCCO1. The van der Waals surface area contributed by atoms with E-state index in [2.05, 4.69) is 4.99 Å². The van der Waals surface area contributed by atoms with Gasteiger partial charge in [0, 0.05) is 24.6 Å². The normalized spacial score (nSPS) is 29.7. The van der Waals surface area contributed by atoms with Crippen molar-refractivity contribution in [1.82, 2.24) is 0 Å². The fourth-order valence-electron chi connectivity index (χ4n) is 1.65. The van der Waals surface area contributed by atoms with E-state index in [1.165, 1.54) is 25.7 Å². The number of nitrogens with zero attached hydrogens (tertiary/aromatic N) is 1. The van der Waals surface area contributed by atoms with E-state index in [9.17, 15) is 0 Å². The molecule has 0 radical (unpaired) electrons. The second-order valence-corrected chi connectivity index (χ2v) is 4.03. The molecule has 0 aromatic rings. The molecule has 0 amide bonds. The van der Waals surface area contributed by atoms with Gasteiger partial charge in [-0.2, -0.15) is 0 Å². The molecule has 2 aliphatic rings. The molecule has 1 aliphatic carbocycles. The van der Waals surface area contributed by atoms with Gasteiger partial charge >= 0.3 is 0 Å². The average molecular weight is 194 g/mol. The van der Waals surface area contributed by atoms with Gasteiger partial charge in [-0.05, 0) is 32.1 Å². The van der Waals surface area contributed by atoms with Crippen LogP contribution < -0.4 is 5.73 Å². The standard InChI is InChI=1S/C11H18N2O/c12-7-9(8-13-10-4-5-10)11-3-1-2-6-14-11/h7-8,10-11H,1-6,12H2/b9-7+,13-8?. The van der Waals surface area contributed by atoms with Gasteiger partial charge in [0.1, 0.15) is 0 Å². The minimum atomic E-state index is 0.191. The molecule has 0 aromatic carbocycles. The second-order valence-electron chi connectivity index (χ2n) is 4.03. The van der Waals surface area contributed by atoms with Gasteiger partial charge in [0.2, 0.25) is 0 Å². The molecular formula is C11H18N2O. The van der Waals surface area contributed by atoms with Crippen molar-refractivity contribution >= 4 is 6.21 Å². The van der Waals surface area contributed by atoms with Crippen LogP contribution in [0.15, 0.2) is 16.8 Å². The molecule has 2 rings (SSSR count). The summed E-state index contributed by atoms with van der Waals surface area (Å²) in [6.07, 6.45) is 9.71. The van der Waals surface area contributed by atoms with E-state index in [0.717, 1.165) is 18.6 Å². The van der Waals surface area contributed by atoms with Gasteiger partial charge in [-0.1, -0.05) is 0 Å². The largest absolute Gasteiger partial charge is 0.404 e. The van der Waals surface area contributed by atoms with E-state index in [4.69, 9.17) is 10.5 Å². The number of rotatable bonds is 3. The summed E-state index contributed by atoms with van der Waals surface area (Å²) < 4.78 is 5.64. The summed E-state index contributed by atoms with van der Waals surface area (Å²) in [6.45, 7) is 0.860. The van der Waals surface area contributed by atoms with E-state index >= 15 is 0 Å². The van der Waals surface area contributed by atoms with Crippen molar-refractivity contribution in [3.05, 3.63) is 11.8 Å². The summed E-state index contributed by atoms with van der Waals surface area (Å²) in [5.41, 5.74) is 6.63. The van der Waals surface area contributed by atoms with Crippen LogP contribution in [-0.2, 0) is 4.74 Å². The lowest BCUT2D eigenvalue weighted by molar-refractivity contribution is 0.0429. The highest BCUT2D eigenvalue weighted by Gasteiger charge is 2.21. The molecule has 1 aliphatic heterocycles. The summed E-state index contributed by atoms with van der Waals surface area (Å²) in [6, 6.07) is 0.563. The smallest absolute Gasteiger partial charge is 0.0853 e. The molecule has 0 spiro atoms. The Labute approximate surface area is 85.0 Å². The third-order valence-electron chi connectivity index (χ3n) is 2.73. The number of ether oxygens (including phenoxy) is 1. The maximum absolute atomic E-state index is 5.64. The van der Waals surface area contributed by atoms with Gasteiger partial charge in [0.25, 0.3) is 0 Å². The zero-order valence-corrected chi connectivity index (χ0v) is 8.48. The first-order chi connectivity index (χ1) is 6.90. The quantitative estimate of drug-likeness (QED) is 0.694. The zero-order chi connectivity index (χ0) is 9.80. The third-order valence-corrected chi connectivity index (χ3v) is 2.73. The number of aliphatic imine (C=N–C) groups is 1. The van der Waals surface area contributed by atoms with Crippen LogP contribution in [0.4, 0.5) is 0 Å². The highest BCUT2D eigenvalue weighted by Crippen LogP contribution is 2.24. The van der Waals surface area contributed by atoms with Crippen molar-refractivity contribution in [3.63, 3.8) is 0 Å². The lowest BCUT2D eigenvalue weighted by Gasteiger charge is -2.22. The van der Waals surface area contributed by atoms with Crippen molar-refractivity contribution in [2.24, 2.45) is 10.7 Å². The van der Waals surface area contributed by atoms with Crippen LogP contribution in [0.25, 0.3) is 0 Å². The van der Waals surface area contributed by atoms with Crippen LogP contribution in [0.1, 0.15) is 32.1 Å². The summed E-state index contributed by atoms with van der Waals surface area (Å²) in [5, 5.41) is 0. The Balaban J connectivity index is 1.90. The fraction of sp³-hybridized carbons (Fsp3) is 0.727. The van der Waals surface area contributed by atoms with E-state index in [0.29, 0.717) is 6.04 Å². The molecule has 1 unspecified atom stereocenters. The molecule has 2 N–H and O–H groups in total. The maximum atomic E-state index is 5.64. The van der Waals surface area contributed by atoms with Crippen molar-refractivity contribution in [2.45, 2.75) is 44.2 Å². The Morgan fingerprint density at radius 1 is 1.29 bits per heavy atom. The minimum absolute atomic E-state index is 0.191. The molecule has 78 valence electrons. The second kappa shape index (κ2) is 4.60. The molecule has 3 nitrogen and oxygen atoms in total. The van der Waals surface area contributed by atoms with Crippen LogP contribution in [0.3, 0.4) is 0 Å². The van der Waals surface area contributed by atoms with Crippen LogP contribution in [0, 0.1) is 0 Å².